The molecule has 3 heterocycles. The van der Waals surface area contributed by atoms with Gasteiger partial charge >= 0.3 is 0 Å². The number of imidazole rings is 1. The number of alkyl halides is 1. The fourth-order valence-electron chi connectivity index (χ4n) is 2.55. The van der Waals surface area contributed by atoms with Crippen LogP contribution in [0.5, 0.6) is 0 Å². The topological polar surface area (TPSA) is 95.1 Å². The van der Waals surface area contributed by atoms with Gasteiger partial charge < -0.3 is 19.5 Å². The van der Waals surface area contributed by atoms with Gasteiger partial charge in [-0.15, -0.1) is 0 Å². The van der Waals surface area contributed by atoms with Crippen molar-refractivity contribution in [1.82, 2.24) is 14.3 Å². The van der Waals surface area contributed by atoms with Crippen molar-refractivity contribution in [3.63, 3.8) is 0 Å². The first-order valence-corrected chi connectivity index (χ1v) is 7.07. The summed E-state index contributed by atoms with van der Waals surface area (Å²) in [5.74, 6) is -0.187. The maximum atomic E-state index is 13.3. The summed E-state index contributed by atoms with van der Waals surface area (Å²) in [5, 5.41) is 16.3. The highest BCUT2D eigenvalue weighted by atomic mass is 19.1. The van der Waals surface area contributed by atoms with Crippen LogP contribution in [0.4, 0.5) is 4.39 Å². The van der Waals surface area contributed by atoms with Crippen molar-refractivity contribution >= 4 is 18.0 Å². The Bertz CT molecular complexity index is 693. The molecule has 2 atom stereocenters. The van der Waals surface area contributed by atoms with E-state index in [1.165, 1.54) is 4.90 Å². The molecule has 0 bridgehead atoms. The Morgan fingerprint density at radius 2 is 2.22 bits per heavy atom. The van der Waals surface area contributed by atoms with Crippen LogP contribution in [0.1, 0.15) is 11.3 Å². The SMILES string of the molecule is Cc1cccn2c(CC(=O)N3C[C@@H](O)[C@H](F)C3)cnc12.O=CO. The largest absolute Gasteiger partial charge is 0.483 e. The van der Waals surface area contributed by atoms with E-state index in [0.29, 0.717) is 0 Å². The minimum absolute atomic E-state index is 0.0320. The minimum atomic E-state index is -1.34. The number of halogens is 1. The summed E-state index contributed by atoms with van der Waals surface area (Å²) in [7, 11) is 0. The van der Waals surface area contributed by atoms with Gasteiger partial charge in [-0.3, -0.25) is 9.59 Å². The van der Waals surface area contributed by atoms with E-state index in [4.69, 9.17) is 9.90 Å². The van der Waals surface area contributed by atoms with Crippen molar-refractivity contribution in [2.75, 3.05) is 13.1 Å². The van der Waals surface area contributed by atoms with Crippen molar-refractivity contribution in [2.45, 2.75) is 25.6 Å². The molecule has 23 heavy (non-hydrogen) atoms. The lowest BCUT2D eigenvalue weighted by Gasteiger charge is -2.14. The summed E-state index contributed by atoms with van der Waals surface area (Å²) < 4.78 is 15.1. The van der Waals surface area contributed by atoms with Gasteiger partial charge in [-0.05, 0) is 18.6 Å². The highest BCUT2D eigenvalue weighted by Crippen LogP contribution is 2.16. The molecule has 0 radical (unpaired) electrons. The van der Waals surface area contributed by atoms with Crippen LogP contribution in [0.25, 0.3) is 5.65 Å². The van der Waals surface area contributed by atoms with Crippen molar-refractivity contribution in [2.24, 2.45) is 0 Å². The number of aromatic nitrogens is 2. The maximum absolute atomic E-state index is 13.3. The molecule has 3 rings (SSSR count). The highest BCUT2D eigenvalue weighted by molar-refractivity contribution is 5.79. The Balaban J connectivity index is 0.000000595. The third-order valence-corrected chi connectivity index (χ3v) is 3.71. The average molecular weight is 323 g/mol. The molecule has 1 fully saturated rings. The highest BCUT2D eigenvalue weighted by Gasteiger charge is 2.34. The maximum Gasteiger partial charge on any atom is 0.290 e. The van der Waals surface area contributed by atoms with Gasteiger partial charge in [0, 0.05) is 18.9 Å². The number of hydrogen-bond acceptors (Lipinski definition) is 4. The summed E-state index contributed by atoms with van der Waals surface area (Å²) in [5.41, 5.74) is 2.62. The molecule has 2 N–H and O–H groups in total. The van der Waals surface area contributed by atoms with E-state index in [9.17, 15) is 14.3 Å². The minimum Gasteiger partial charge on any atom is -0.483 e. The molecule has 1 aliphatic rings. The zero-order valence-corrected chi connectivity index (χ0v) is 12.6. The Kier molecular flexibility index (Phi) is 5.28. The summed E-state index contributed by atoms with van der Waals surface area (Å²) >= 11 is 0. The lowest BCUT2D eigenvalue weighted by molar-refractivity contribution is -0.130. The molecule has 0 aliphatic carbocycles. The molecule has 0 unspecified atom stereocenters. The predicted molar refractivity (Wildman–Crippen MR) is 79.8 cm³/mol. The van der Waals surface area contributed by atoms with Crippen molar-refractivity contribution < 1.29 is 24.2 Å². The van der Waals surface area contributed by atoms with Crippen LogP contribution >= 0.6 is 0 Å². The van der Waals surface area contributed by atoms with Crippen LogP contribution in [-0.2, 0) is 16.0 Å². The second-order valence-electron chi connectivity index (χ2n) is 5.30. The fourth-order valence-corrected chi connectivity index (χ4v) is 2.55. The smallest absolute Gasteiger partial charge is 0.290 e. The fraction of sp³-hybridized carbons (Fsp3) is 0.400. The second-order valence-corrected chi connectivity index (χ2v) is 5.30. The lowest BCUT2D eigenvalue weighted by Crippen LogP contribution is -2.31. The van der Waals surface area contributed by atoms with Crippen molar-refractivity contribution in [3.8, 4) is 0 Å². The Labute approximate surface area is 132 Å². The number of aliphatic hydroxyl groups is 1. The van der Waals surface area contributed by atoms with Crippen LogP contribution in [0.15, 0.2) is 24.5 Å². The summed E-state index contributed by atoms with van der Waals surface area (Å²) in [4.78, 5) is 26.2. The molecule has 8 heteroatoms. The predicted octanol–water partition coefficient (Wildman–Crippen LogP) is 0.427. The second kappa shape index (κ2) is 7.19. The molecule has 0 spiro atoms. The van der Waals surface area contributed by atoms with Crippen LogP contribution in [0, 0.1) is 6.92 Å². The number of hydrogen-bond donors (Lipinski definition) is 2. The molecule has 1 saturated heterocycles. The number of rotatable bonds is 2. The summed E-state index contributed by atoms with van der Waals surface area (Å²) in [6.45, 7) is 1.74. The number of carboxylic acid groups (broad SMARTS) is 1. The van der Waals surface area contributed by atoms with E-state index < -0.39 is 12.3 Å². The zero-order valence-electron chi connectivity index (χ0n) is 12.6. The number of nitrogens with zero attached hydrogens (tertiary/aromatic N) is 3. The number of β-amino-alcohol motifs (C(OH)–C–C–N with tert-alkyl or cyclic N) is 1. The van der Waals surface area contributed by atoms with Gasteiger partial charge in [-0.25, -0.2) is 9.37 Å². The van der Waals surface area contributed by atoms with E-state index in [1.54, 1.807) is 6.20 Å². The van der Waals surface area contributed by atoms with E-state index in [2.05, 4.69) is 4.98 Å². The molecule has 7 nitrogen and oxygen atoms in total. The van der Waals surface area contributed by atoms with E-state index in [-0.39, 0.29) is 31.9 Å². The molecule has 2 aromatic rings. The first kappa shape index (κ1) is 16.9. The first-order chi connectivity index (χ1) is 11.0. The number of carbonyl (C=O) groups is 2. The van der Waals surface area contributed by atoms with Gasteiger partial charge in [-0.2, -0.15) is 0 Å². The molecule has 0 saturated carbocycles. The summed E-state index contributed by atoms with van der Waals surface area (Å²) in [6.07, 6.45) is 1.27. The number of pyridine rings is 1. The average Bonchev–Trinajstić information content (AvgIpc) is 3.06. The number of aryl methyl sites for hydroxylation is 1. The van der Waals surface area contributed by atoms with Gasteiger partial charge in [0.05, 0.1) is 18.7 Å². The molecule has 2 aromatic heterocycles. The van der Waals surface area contributed by atoms with Crippen LogP contribution in [0.2, 0.25) is 0 Å². The quantitative estimate of drug-likeness (QED) is 0.781. The van der Waals surface area contributed by atoms with Gasteiger partial charge in [0.25, 0.3) is 6.47 Å². The molecular formula is C15H18FN3O4. The zero-order chi connectivity index (χ0) is 17.0. The van der Waals surface area contributed by atoms with E-state index >= 15 is 0 Å². The summed E-state index contributed by atoms with van der Waals surface area (Å²) in [6, 6.07) is 3.85. The lowest BCUT2D eigenvalue weighted by atomic mass is 10.2. The number of likely N-dealkylation sites (tertiary alicyclic amines) is 1. The molecule has 124 valence electrons. The third-order valence-electron chi connectivity index (χ3n) is 3.71. The number of carbonyl (C=O) groups excluding carboxylic acids is 1. The van der Waals surface area contributed by atoms with Gasteiger partial charge in [0.2, 0.25) is 5.91 Å². The van der Waals surface area contributed by atoms with Crippen LogP contribution in [0.3, 0.4) is 0 Å². The Morgan fingerprint density at radius 3 is 2.83 bits per heavy atom. The number of aliphatic hydroxyl groups excluding tert-OH is 1. The number of fused-ring (bicyclic) bond motifs is 1. The van der Waals surface area contributed by atoms with Crippen molar-refractivity contribution in [3.05, 3.63) is 35.8 Å². The van der Waals surface area contributed by atoms with Gasteiger partial charge in [0.15, 0.2) is 0 Å². The van der Waals surface area contributed by atoms with Crippen LogP contribution in [-0.4, -0.2) is 62.2 Å². The Hall–Kier alpha value is -2.48. The standard InChI is InChI=1S/C14H16FN3O2.CH2O2/c1-9-3-2-4-18-10(6-16-14(9)18)5-13(20)17-7-11(15)12(19)8-17;2-1-3/h2-4,6,11-12,19H,5,7-8H2,1H3;1H,(H,2,3)/t11-,12-;/m1./s1. The van der Waals surface area contributed by atoms with Gasteiger partial charge in [0.1, 0.15) is 17.9 Å². The van der Waals surface area contributed by atoms with Crippen molar-refractivity contribution in [1.29, 1.82) is 0 Å². The molecule has 1 amide bonds. The van der Waals surface area contributed by atoms with E-state index in [0.717, 1.165) is 16.9 Å². The monoisotopic (exact) mass is 323 g/mol. The first-order valence-electron chi connectivity index (χ1n) is 7.07. The number of amides is 1. The van der Waals surface area contributed by atoms with E-state index in [1.807, 2.05) is 29.7 Å². The normalized spacial score (nSPS) is 20.2. The Morgan fingerprint density at radius 1 is 1.52 bits per heavy atom. The molecule has 0 aromatic carbocycles. The molecule has 1 aliphatic heterocycles. The third kappa shape index (κ3) is 3.65. The van der Waals surface area contributed by atoms with Crippen LogP contribution < -0.4 is 0 Å². The molecular weight excluding hydrogens is 305 g/mol. The van der Waals surface area contributed by atoms with Gasteiger partial charge in [-0.1, -0.05) is 6.07 Å².